The van der Waals surface area contributed by atoms with Crippen LogP contribution in [0.5, 0.6) is 0 Å². The summed E-state index contributed by atoms with van der Waals surface area (Å²) in [7, 11) is 1.45. The molecule has 0 saturated heterocycles. The van der Waals surface area contributed by atoms with Gasteiger partial charge in [0.2, 0.25) is 0 Å². The fraction of sp³-hybridized carbons (Fsp3) is 0.632. The monoisotopic (exact) mass is 392 g/mol. The minimum atomic E-state index is -4.40. The average molecular weight is 392 g/mol. The number of halogens is 3. The van der Waals surface area contributed by atoms with E-state index >= 15 is 0 Å². The van der Waals surface area contributed by atoms with Crippen LogP contribution in [0.3, 0.4) is 0 Å². The zero-order chi connectivity index (χ0) is 20.4. The Morgan fingerprint density at radius 3 is 2.70 bits per heavy atom. The first-order valence-corrected chi connectivity index (χ1v) is 8.69. The lowest BCUT2D eigenvalue weighted by Gasteiger charge is -2.28. The van der Waals surface area contributed by atoms with Crippen LogP contribution in [-0.4, -0.2) is 56.4 Å². The Labute approximate surface area is 157 Å². The van der Waals surface area contributed by atoms with Crippen LogP contribution in [0.1, 0.15) is 26.7 Å². The largest absolute Gasteiger partial charge is 0.480 e. The van der Waals surface area contributed by atoms with Gasteiger partial charge in [0.25, 0.3) is 0 Å². The number of rotatable bonds is 4. The second-order valence-electron chi connectivity index (χ2n) is 6.45. The normalized spacial score (nSPS) is 26.1. The topological polar surface area (TPSA) is 65.0 Å². The van der Waals surface area contributed by atoms with Crippen LogP contribution in [0.15, 0.2) is 35.5 Å². The number of ether oxygens (including phenoxy) is 3. The molecule has 27 heavy (non-hydrogen) atoms. The summed E-state index contributed by atoms with van der Waals surface area (Å²) in [5.41, 5.74) is 0.177. The van der Waals surface area contributed by atoms with E-state index in [0.717, 1.165) is 11.6 Å². The first-order chi connectivity index (χ1) is 12.6. The Balaban J connectivity index is 3.07. The Morgan fingerprint density at radius 1 is 1.41 bits per heavy atom. The van der Waals surface area contributed by atoms with Gasteiger partial charge in [-0.2, -0.15) is 13.2 Å². The van der Waals surface area contributed by atoms with Crippen LogP contribution in [0.4, 0.5) is 13.2 Å². The van der Waals surface area contributed by atoms with Gasteiger partial charge in [-0.25, -0.2) is 4.79 Å². The molecule has 0 spiro atoms. The number of hydrogen-bond acceptors (Lipinski definition) is 4. The zero-order valence-corrected chi connectivity index (χ0v) is 15.8. The third kappa shape index (κ3) is 8.73. The predicted molar refractivity (Wildman–Crippen MR) is 94.4 cm³/mol. The zero-order valence-electron chi connectivity index (χ0n) is 15.8. The molecular weight excluding hydrogens is 365 g/mol. The number of alkyl halides is 3. The summed E-state index contributed by atoms with van der Waals surface area (Å²) >= 11 is 0. The number of carboxylic acid groups (broad SMARTS) is 1. The maximum Gasteiger partial charge on any atom is 0.412 e. The van der Waals surface area contributed by atoms with Crippen LogP contribution in [0, 0.1) is 5.92 Å². The second-order valence-corrected chi connectivity index (χ2v) is 6.45. The van der Waals surface area contributed by atoms with E-state index in [1.807, 2.05) is 13.0 Å². The van der Waals surface area contributed by atoms with E-state index in [2.05, 4.69) is 0 Å². The van der Waals surface area contributed by atoms with Crippen molar-refractivity contribution < 1.29 is 37.3 Å². The second kappa shape index (κ2) is 11.3. The molecule has 0 aliphatic carbocycles. The highest BCUT2D eigenvalue weighted by molar-refractivity contribution is 5.68. The molecule has 1 N–H and O–H groups in total. The van der Waals surface area contributed by atoms with Crippen molar-refractivity contribution in [3.05, 3.63) is 35.5 Å². The van der Waals surface area contributed by atoms with Gasteiger partial charge < -0.3 is 19.3 Å². The summed E-state index contributed by atoms with van der Waals surface area (Å²) in [6.07, 6.45) is 0.550. The number of allylic oxidation sites excluding steroid dienone is 2. The maximum absolute atomic E-state index is 13.1. The molecule has 0 aromatic carbocycles. The smallest absolute Gasteiger partial charge is 0.412 e. The van der Waals surface area contributed by atoms with Crippen molar-refractivity contribution in [1.29, 1.82) is 0 Å². The number of aliphatic carboxylic acids is 1. The number of hydrogen-bond donors (Lipinski definition) is 1. The molecule has 8 heteroatoms. The third-order valence-corrected chi connectivity index (χ3v) is 4.11. The van der Waals surface area contributed by atoms with Crippen LogP contribution >= 0.6 is 0 Å². The van der Waals surface area contributed by atoms with Crippen molar-refractivity contribution in [3.8, 4) is 0 Å². The molecule has 0 radical (unpaired) electrons. The van der Waals surface area contributed by atoms with Crippen molar-refractivity contribution in [2.75, 3.05) is 26.9 Å². The molecule has 0 fully saturated rings. The van der Waals surface area contributed by atoms with Gasteiger partial charge in [0.15, 0.2) is 0 Å². The lowest BCUT2D eigenvalue weighted by molar-refractivity contribution is -0.148. The van der Waals surface area contributed by atoms with Crippen LogP contribution in [0.25, 0.3) is 0 Å². The Hall–Kier alpha value is -1.64. The van der Waals surface area contributed by atoms with E-state index < -0.39 is 36.5 Å². The summed E-state index contributed by atoms with van der Waals surface area (Å²) in [6, 6.07) is 0. The van der Waals surface area contributed by atoms with E-state index in [0.29, 0.717) is 0 Å². The summed E-state index contributed by atoms with van der Waals surface area (Å²) in [5.74, 6) is -1.30. The van der Waals surface area contributed by atoms with Gasteiger partial charge in [0, 0.05) is 18.6 Å². The number of carbonyl (C=O) groups is 1. The summed E-state index contributed by atoms with van der Waals surface area (Å²) in [5, 5.41) is 8.89. The molecule has 0 bridgehead atoms. The van der Waals surface area contributed by atoms with E-state index in [4.69, 9.17) is 19.3 Å². The standard InChI is InChI=1S/C19H27F3O5/c1-13-10-14(2)18(27-12-17(23)24)16(25-3)7-5-4-6-15(19(20,21)22)8-9-26-11-13/h5,7-8,10,14,16,18H,4,6,9,11-12H2,1-3H3,(H,23,24)/t14-,16+,18+/m1/s1. The summed E-state index contributed by atoms with van der Waals surface area (Å²) < 4.78 is 55.4. The first kappa shape index (κ1) is 23.4. The van der Waals surface area contributed by atoms with Crippen LogP contribution in [-0.2, 0) is 19.0 Å². The average Bonchev–Trinajstić information content (AvgIpc) is 2.56. The lowest BCUT2D eigenvalue weighted by Crippen LogP contribution is -2.36. The fourth-order valence-corrected chi connectivity index (χ4v) is 2.84. The molecule has 0 aromatic heterocycles. The van der Waals surface area contributed by atoms with Gasteiger partial charge in [-0.15, -0.1) is 0 Å². The molecule has 1 rings (SSSR count). The van der Waals surface area contributed by atoms with Crippen LogP contribution < -0.4 is 0 Å². The fourth-order valence-electron chi connectivity index (χ4n) is 2.84. The van der Waals surface area contributed by atoms with Crippen molar-refractivity contribution >= 4 is 5.97 Å². The van der Waals surface area contributed by atoms with Gasteiger partial charge in [0.05, 0.1) is 19.3 Å². The highest BCUT2D eigenvalue weighted by atomic mass is 19.4. The van der Waals surface area contributed by atoms with E-state index in [-0.39, 0.29) is 32.0 Å². The molecule has 154 valence electrons. The third-order valence-electron chi connectivity index (χ3n) is 4.11. The predicted octanol–water partition coefficient (Wildman–Crippen LogP) is 3.91. The van der Waals surface area contributed by atoms with E-state index in [9.17, 15) is 18.0 Å². The lowest BCUT2D eigenvalue weighted by atomic mass is 9.96. The van der Waals surface area contributed by atoms with E-state index in [1.54, 1.807) is 19.1 Å². The summed E-state index contributed by atoms with van der Waals surface area (Å²) in [6.45, 7) is 3.21. The minimum Gasteiger partial charge on any atom is -0.480 e. The van der Waals surface area contributed by atoms with Gasteiger partial charge >= 0.3 is 12.1 Å². The van der Waals surface area contributed by atoms with Gasteiger partial charge in [-0.05, 0) is 19.8 Å². The number of methoxy groups -OCH3 is 1. The SMILES string of the molecule is CO[C@H]1C=CCCC(C(F)(F)F)=CCOCC(C)=C[C@@H](C)[C@@H]1OCC(=O)O. The van der Waals surface area contributed by atoms with Gasteiger partial charge in [-0.3, -0.25) is 0 Å². The molecular formula is C19H27F3O5. The Bertz CT molecular complexity index is 566. The quantitative estimate of drug-likeness (QED) is 0.735. The molecule has 5 nitrogen and oxygen atoms in total. The maximum atomic E-state index is 13.1. The molecule has 3 atom stereocenters. The van der Waals surface area contributed by atoms with Gasteiger partial charge in [0.1, 0.15) is 12.7 Å². The van der Waals surface area contributed by atoms with Gasteiger partial charge in [-0.1, -0.05) is 36.8 Å². The Kier molecular flexibility index (Phi) is 9.76. The van der Waals surface area contributed by atoms with Crippen molar-refractivity contribution in [1.82, 2.24) is 0 Å². The molecule has 0 unspecified atom stereocenters. The molecule has 1 aliphatic heterocycles. The van der Waals surface area contributed by atoms with E-state index in [1.165, 1.54) is 7.11 Å². The molecule has 0 aromatic rings. The highest BCUT2D eigenvalue weighted by Crippen LogP contribution is 2.29. The molecule has 1 aliphatic rings. The highest BCUT2D eigenvalue weighted by Gasteiger charge is 2.32. The molecule has 1 heterocycles. The molecule has 0 saturated carbocycles. The minimum absolute atomic E-state index is 0.127. The van der Waals surface area contributed by atoms with Crippen molar-refractivity contribution in [2.45, 2.75) is 45.1 Å². The Morgan fingerprint density at radius 2 is 2.11 bits per heavy atom. The molecule has 0 amide bonds. The summed E-state index contributed by atoms with van der Waals surface area (Å²) in [4.78, 5) is 10.9. The first-order valence-electron chi connectivity index (χ1n) is 8.69. The van der Waals surface area contributed by atoms with Crippen LogP contribution in [0.2, 0.25) is 0 Å². The van der Waals surface area contributed by atoms with Crippen molar-refractivity contribution in [2.24, 2.45) is 5.92 Å². The van der Waals surface area contributed by atoms with Crippen molar-refractivity contribution in [3.63, 3.8) is 0 Å². The number of carboxylic acids is 1.